The molecule has 1 aromatic rings. The van der Waals surface area contributed by atoms with Crippen molar-refractivity contribution in [2.75, 3.05) is 18.0 Å². The highest BCUT2D eigenvalue weighted by atomic mass is 79.9. The Morgan fingerprint density at radius 1 is 1.36 bits per heavy atom. The van der Waals surface area contributed by atoms with Gasteiger partial charge in [0.25, 0.3) is 5.92 Å². The zero-order valence-electron chi connectivity index (χ0n) is 7.25. The van der Waals surface area contributed by atoms with Crippen molar-refractivity contribution >= 4 is 21.7 Å². The highest BCUT2D eigenvalue weighted by molar-refractivity contribution is 9.10. The lowest BCUT2D eigenvalue weighted by Crippen LogP contribution is -2.25. The highest BCUT2D eigenvalue weighted by Gasteiger charge is 2.38. The lowest BCUT2D eigenvalue weighted by Gasteiger charge is -2.15. The van der Waals surface area contributed by atoms with E-state index in [1.54, 1.807) is 4.90 Å². The summed E-state index contributed by atoms with van der Waals surface area (Å²) in [5.41, 5.74) is 0. The number of aromatic nitrogens is 2. The lowest BCUT2D eigenvalue weighted by molar-refractivity contribution is 0.0256. The number of halogens is 3. The topological polar surface area (TPSA) is 29.0 Å². The van der Waals surface area contributed by atoms with Crippen molar-refractivity contribution in [1.82, 2.24) is 9.97 Å². The van der Waals surface area contributed by atoms with E-state index < -0.39 is 5.92 Å². The van der Waals surface area contributed by atoms with Crippen molar-refractivity contribution in [2.24, 2.45) is 0 Å². The van der Waals surface area contributed by atoms with Gasteiger partial charge in [0.05, 0.1) is 18.9 Å². The summed E-state index contributed by atoms with van der Waals surface area (Å²) in [5.74, 6) is -2.08. The van der Waals surface area contributed by atoms with Gasteiger partial charge < -0.3 is 4.90 Å². The second-order valence-electron chi connectivity index (χ2n) is 3.22. The van der Waals surface area contributed by atoms with Crippen molar-refractivity contribution in [3.63, 3.8) is 0 Å². The van der Waals surface area contributed by atoms with Crippen molar-refractivity contribution in [3.05, 3.63) is 17.0 Å². The van der Waals surface area contributed by atoms with Gasteiger partial charge >= 0.3 is 0 Å². The minimum atomic E-state index is -2.59. The molecule has 2 heterocycles. The molecule has 1 aliphatic heterocycles. The molecule has 0 radical (unpaired) electrons. The predicted molar refractivity (Wildman–Crippen MR) is 51.5 cm³/mol. The molecule has 0 bridgehead atoms. The third kappa shape index (κ3) is 2.00. The fourth-order valence-electron chi connectivity index (χ4n) is 1.40. The van der Waals surface area contributed by atoms with Crippen LogP contribution < -0.4 is 4.90 Å². The molecule has 0 spiro atoms. The van der Waals surface area contributed by atoms with Gasteiger partial charge in [-0.1, -0.05) is 0 Å². The van der Waals surface area contributed by atoms with E-state index in [9.17, 15) is 8.78 Å². The van der Waals surface area contributed by atoms with Crippen LogP contribution in [0.15, 0.2) is 17.0 Å². The first-order chi connectivity index (χ1) is 6.57. The Labute approximate surface area is 88.3 Å². The summed E-state index contributed by atoms with van der Waals surface area (Å²) < 4.78 is 26.3. The molecule has 1 saturated heterocycles. The maximum atomic E-state index is 12.9. The summed E-state index contributed by atoms with van der Waals surface area (Å²) in [5, 5.41) is 0. The Morgan fingerprint density at radius 3 is 2.64 bits per heavy atom. The Hall–Kier alpha value is -0.780. The summed E-state index contributed by atoms with van der Waals surface area (Å²) in [7, 11) is 0. The summed E-state index contributed by atoms with van der Waals surface area (Å²) in [6.07, 6.45) is 2.89. The number of hydrogen-bond donors (Lipinski definition) is 0. The van der Waals surface area contributed by atoms with E-state index >= 15 is 0 Å². The molecular formula is C8H8BrF2N3. The first-order valence-corrected chi connectivity index (χ1v) is 4.96. The van der Waals surface area contributed by atoms with E-state index in [0.29, 0.717) is 17.0 Å². The highest BCUT2D eigenvalue weighted by Crippen LogP contribution is 2.29. The van der Waals surface area contributed by atoms with Crippen LogP contribution in [0, 0.1) is 0 Å². The smallest absolute Gasteiger partial charge is 0.266 e. The predicted octanol–water partition coefficient (Wildman–Crippen LogP) is 2.08. The SMILES string of the molecule is FC1(F)CCN(c2cnc(Br)cn2)C1. The Kier molecular flexibility index (Phi) is 2.38. The quantitative estimate of drug-likeness (QED) is 0.777. The van der Waals surface area contributed by atoms with Crippen molar-refractivity contribution in [3.8, 4) is 0 Å². The Bertz CT molecular complexity index is 328. The van der Waals surface area contributed by atoms with Crippen LogP contribution in [0.4, 0.5) is 14.6 Å². The molecule has 0 saturated carbocycles. The molecule has 0 aromatic carbocycles. The van der Waals surface area contributed by atoms with E-state index in [1.807, 2.05) is 0 Å². The minimum Gasteiger partial charge on any atom is -0.349 e. The molecule has 6 heteroatoms. The molecule has 0 unspecified atom stereocenters. The number of nitrogens with zero attached hydrogens (tertiary/aromatic N) is 3. The normalized spacial score (nSPS) is 20.1. The van der Waals surface area contributed by atoms with Gasteiger partial charge in [-0.25, -0.2) is 18.7 Å². The minimum absolute atomic E-state index is 0.106. The number of hydrogen-bond acceptors (Lipinski definition) is 3. The molecule has 1 aromatic heterocycles. The van der Waals surface area contributed by atoms with Crippen LogP contribution >= 0.6 is 15.9 Å². The first-order valence-electron chi connectivity index (χ1n) is 4.17. The molecule has 0 atom stereocenters. The van der Waals surface area contributed by atoms with Gasteiger partial charge in [-0.15, -0.1) is 0 Å². The largest absolute Gasteiger partial charge is 0.349 e. The summed E-state index contributed by atoms with van der Waals surface area (Å²) in [6.45, 7) is 0.0760. The summed E-state index contributed by atoms with van der Waals surface area (Å²) in [6, 6.07) is 0. The molecule has 3 nitrogen and oxygen atoms in total. The molecule has 0 amide bonds. The van der Waals surface area contributed by atoms with E-state index in [1.165, 1.54) is 12.4 Å². The van der Waals surface area contributed by atoms with E-state index in [-0.39, 0.29) is 13.0 Å². The number of rotatable bonds is 1. The molecule has 0 N–H and O–H groups in total. The average Bonchev–Trinajstić information content (AvgIpc) is 2.47. The van der Waals surface area contributed by atoms with E-state index in [4.69, 9.17) is 0 Å². The van der Waals surface area contributed by atoms with Crippen LogP contribution in [-0.4, -0.2) is 29.0 Å². The van der Waals surface area contributed by atoms with Crippen LogP contribution in [0.5, 0.6) is 0 Å². The maximum absolute atomic E-state index is 12.9. The zero-order valence-corrected chi connectivity index (χ0v) is 8.84. The Morgan fingerprint density at radius 2 is 2.14 bits per heavy atom. The van der Waals surface area contributed by atoms with Crippen LogP contribution in [0.3, 0.4) is 0 Å². The van der Waals surface area contributed by atoms with Gasteiger partial charge in [0.15, 0.2) is 0 Å². The Balaban J connectivity index is 2.14. The van der Waals surface area contributed by atoms with Crippen LogP contribution in [-0.2, 0) is 0 Å². The lowest BCUT2D eigenvalue weighted by atomic mass is 10.3. The monoisotopic (exact) mass is 263 g/mol. The van der Waals surface area contributed by atoms with Crippen LogP contribution in [0.25, 0.3) is 0 Å². The number of anilines is 1. The third-order valence-electron chi connectivity index (χ3n) is 2.10. The van der Waals surface area contributed by atoms with Crippen molar-refractivity contribution in [1.29, 1.82) is 0 Å². The maximum Gasteiger partial charge on any atom is 0.266 e. The first kappa shape index (κ1) is 9.76. The molecule has 14 heavy (non-hydrogen) atoms. The van der Waals surface area contributed by atoms with Gasteiger partial charge in [0.1, 0.15) is 10.4 Å². The second kappa shape index (κ2) is 3.42. The number of alkyl halides is 2. The summed E-state index contributed by atoms with van der Waals surface area (Å²) in [4.78, 5) is 9.49. The third-order valence-corrected chi connectivity index (χ3v) is 2.51. The van der Waals surface area contributed by atoms with E-state index in [2.05, 4.69) is 25.9 Å². The van der Waals surface area contributed by atoms with Gasteiger partial charge in [-0.3, -0.25) is 0 Å². The molecule has 1 aliphatic rings. The van der Waals surface area contributed by atoms with Gasteiger partial charge in [0, 0.05) is 13.0 Å². The molecule has 0 aliphatic carbocycles. The second-order valence-corrected chi connectivity index (χ2v) is 4.04. The van der Waals surface area contributed by atoms with Crippen LogP contribution in [0.2, 0.25) is 0 Å². The molecule has 1 fully saturated rings. The summed E-state index contributed by atoms with van der Waals surface area (Å²) >= 11 is 3.14. The average molecular weight is 264 g/mol. The molecule has 76 valence electrons. The van der Waals surface area contributed by atoms with Crippen molar-refractivity contribution in [2.45, 2.75) is 12.3 Å². The van der Waals surface area contributed by atoms with E-state index in [0.717, 1.165) is 0 Å². The zero-order chi connectivity index (χ0) is 10.2. The van der Waals surface area contributed by atoms with Gasteiger partial charge in [0.2, 0.25) is 0 Å². The fraction of sp³-hybridized carbons (Fsp3) is 0.500. The molecule has 2 rings (SSSR count). The van der Waals surface area contributed by atoms with Crippen molar-refractivity contribution < 1.29 is 8.78 Å². The fourth-order valence-corrected chi connectivity index (χ4v) is 1.60. The van der Waals surface area contributed by atoms with Gasteiger partial charge in [-0.2, -0.15) is 0 Å². The van der Waals surface area contributed by atoms with Gasteiger partial charge in [-0.05, 0) is 15.9 Å². The standard InChI is InChI=1S/C8H8BrF2N3/c9-6-3-13-7(4-12-6)14-2-1-8(10,11)5-14/h3-4H,1-2,5H2. The van der Waals surface area contributed by atoms with Crippen LogP contribution in [0.1, 0.15) is 6.42 Å². The molecular weight excluding hydrogens is 256 g/mol.